The number of amides is 1. The molecule has 3 heteroatoms. The van der Waals surface area contributed by atoms with Crippen molar-refractivity contribution in [1.82, 2.24) is 5.32 Å². The Balaban J connectivity index is 2.45. The molecule has 3 nitrogen and oxygen atoms in total. The molecule has 1 fully saturated rings. The lowest BCUT2D eigenvalue weighted by molar-refractivity contribution is -0.129. The lowest BCUT2D eigenvalue weighted by Crippen LogP contribution is -2.59. The second kappa shape index (κ2) is 3.80. The molecule has 0 radical (unpaired) electrons. The van der Waals surface area contributed by atoms with Gasteiger partial charge >= 0.3 is 0 Å². The molecule has 0 aromatic carbocycles. The van der Waals surface area contributed by atoms with Gasteiger partial charge in [-0.25, -0.2) is 0 Å². The smallest absolute Gasteiger partial charge is 0.241 e. The van der Waals surface area contributed by atoms with Crippen LogP contribution in [0.4, 0.5) is 0 Å². The molecule has 1 unspecified atom stereocenters. The average molecular weight is 180 g/mol. The molecule has 13 heavy (non-hydrogen) atoms. The number of nitrogens with two attached hydrogens (primary N) is 1. The SMILES string of the molecule is C#CC(CC)NC(=O)C1(N)CCC1. The van der Waals surface area contributed by atoms with E-state index in [4.69, 9.17) is 12.2 Å². The van der Waals surface area contributed by atoms with E-state index in [1.165, 1.54) is 0 Å². The monoisotopic (exact) mass is 180 g/mol. The van der Waals surface area contributed by atoms with Crippen LogP contribution in [0, 0.1) is 12.3 Å². The minimum absolute atomic E-state index is 0.0939. The molecule has 0 heterocycles. The van der Waals surface area contributed by atoms with Gasteiger partial charge in [0.15, 0.2) is 0 Å². The fraction of sp³-hybridized carbons (Fsp3) is 0.700. The highest BCUT2D eigenvalue weighted by molar-refractivity contribution is 5.87. The molecule has 72 valence electrons. The van der Waals surface area contributed by atoms with E-state index in [0.29, 0.717) is 0 Å². The quantitative estimate of drug-likeness (QED) is 0.617. The van der Waals surface area contributed by atoms with E-state index in [-0.39, 0.29) is 11.9 Å². The molecule has 1 aliphatic carbocycles. The highest BCUT2D eigenvalue weighted by Crippen LogP contribution is 2.29. The van der Waals surface area contributed by atoms with E-state index in [2.05, 4.69) is 11.2 Å². The topological polar surface area (TPSA) is 55.1 Å². The highest BCUT2D eigenvalue weighted by Gasteiger charge is 2.40. The van der Waals surface area contributed by atoms with Gasteiger partial charge in [0.05, 0.1) is 11.6 Å². The summed E-state index contributed by atoms with van der Waals surface area (Å²) in [5, 5.41) is 2.76. The third-order valence-electron chi connectivity index (χ3n) is 2.61. The zero-order valence-electron chi connectivity index (χ0n) is 7.97. The Hall–Kier alpha value is -1.01. The summed E-state index contributed by atoms with van der Waals surface area (Å²) in [4.78, 5) is 11.5. The van der Waals surface area contributed by atoms with Crippen LogP contribution in [0.2, 0.25) is 0 Å². The summed E-state index contributed by atoms with van der Waals surface area (Å²) in [6.07, 6.45) is 8.57. The second-order valence-corrected chi connectivity index (χ2v) is 3.61. The number of carbonyl (C=O) groups excluding carboxylic acids is 1. The Morgan fingerprint density at radius 1 is 1.77 bits per heavy atom. The molecule has 1 aliphatic rings. The second-order valence-electron chi connectivity index (χ2n) is 3.61. The van der Waals surface area contributed by atoms with Crippen molar-refractivity contribution in [2.75, 3.05) is 0 Å². The summed E-state index contributed by atoms with van der Waals surface area (Å²) >= 11 is 0. The number of hydrogen-bond acceptors (Lipinski definition) is 2. The third-order valence-corrected chi connectivity index (χ3v) is 2.61. The zero-order chi connectivity index (χ0) is 9.90. The Morgan fingerprint density at radius 3 is 2.69 bits per heavy atom. The van der Waals surface area contributed by atoms with Crippen LogP contribution in [-0.2, 0) is 4.79 Å². The molecule has 1 saturated carbocycles. The number of hydrogen-bond donors (Lipinski definition) is 2. The van der Waals surface area contributed by atoms with Crippen LogP contribution in [0.5, 0.6) is 0 Å². The standard InChI is InChI=1S/C10H16N2O/c1-3-8(4-2)12-9(13)10(11)6-5-7-10/h1,8H,4-7,11H2,2H3,(H,12,13). The Labute approximate surface area is 79.1 Å². The van der Waals surface area contributed by atoms with Gasteiger partial charge in [0.2, 0.25) is 5.91 Å². The first-order chi connectivity index (χ1) is 6.12. The van der Waals surface area contributed by atoms with E-state index in [0.717, 1.165) is 25.7 Å². The van der Waals surface area contributed by atoms with Gasteiger partial charge in [0.25, 0.3) is 0 Å². The van der Waals surface area contributed by atoms with Gasteiger partial charge in [-0.05, 0) is 25.7 Å². The lowest BCUT2D eigenvalue weighted by Gasteiger charge is -2.36. The molecule has 3 N–H and O–H groups in total. The average Bonchev–Trinajstić information content (AvgIpc) is 2.09. The Bertz CT molecular complexity index is 238. The van der Waals surface area contributed by atoms with Crippen molar-refractivity contribution in [3.63, 3.8) is 0 Å². The number of terminal acetylenes is 1. The Morgan fingerprint density at radius 2 is 2.38 bits per heavy atom. The predicted octanol–water partition coefficient (Wildman–Crippen LogP) is 0.396. The summed E-state index contributed by atoms with van der Waals surface area (Å²) in [6, 6.07) is -0.173. The normalized spacial score (nSPS) is 21.0. The highest BCUT2D eigenvalue weighted by atomic mass is 16.2. The van der Waals surface area contributed by atoms with Crippen LogP contribution in [0.15, 0.2) is 0 Å². The lowest BCUT2D eigenvalue weighted by atomic mass is 9.77. The van der Waals surface area contributed by atoms with E-state index in [1.54, 1.807) is 0 Å². The molecular weight excluding hydrogens is 164 g/mol. The van der Waals surface area contributed by atoms with Crippen LogP contribution in [-0.4, -0.2) is 17.5 Å². The molecule has 0 aromatic rings. The number of rotatable bonds is 3. The van der Waals surface area contributed by atoms with Crippen molar-refractivity contribution in [3.05, 3.63) is 0 Å². The minimum Gasteiger partial charge on any atom is -0.341 e. The first-order valence-corrected chi connectivity index (χ1v) is 4.68. The first-order valence-electron chi connectivity index (χ1n) is 4.68. The van der Waals surface area contributed by atoms with Crippen molar-refractivity contribution < 1.29 is 4.79 Å². The van der Waals surface area contributed by atoms with Crippen molar-refractivity contribution in [2.45, 2.75) is 44.2 Å². The van der Waals surface area contributed by atoms with Crippen LogP contribution < -0.4 is 11.1 Å². The van der Waals surface area contributed by atoms with E-state index in [1.807, 2.05) is 6.92 Å². The largest absolute Gasteiger partial charge is 0.341 e. The molecule has 0 saturated heterocycles. The maximum atomic E-state index is 11.5. The summed E-state index contributed by atoms with van der Waals surface area (Å²) in [6.45, 7) is 1.94. The van der Waals surface area contributed by atoms with Gasteiger partial charge in [-0.2, -0.15) is 0 Å². The van der Waals surface area contributed by atoms with Gasteiger partial charge in [-0.15, -0.1) is 6.42 Å². The zero-order valence-corrected chi connectivity index (χ0v) is 7.97. The van der Waals surface area contributed by atoms with Crippen molar-refractivity contribution in [1.29, 1.82) is 0 Å². The van der Waals surface area contributed by atoms with Gasteiger partial charge in [0, 0.05) is 0 Å². The predicted molar refractivity (Wildman–Crippen MR) is 51.8 cm³/mol. The van der Waals surface area contributed by atoms with Gasteiger partial charge in [0.1, 0.15) is 0 Å². The molecule has 1 atom stereocenters. The van der Waals surface area contributed by atoms with E-state index >= 15 is 0 Å². The maximum absolute atomic E-state index is 11.5. The minimum atomic E-state index is -0.635. The molecule has 1 amide bonds. The maximum Gasteiger partial charge on any atom is 0.241 e. The molecule has 0 spiro atoms. The van der Waals surface area contributed by atoms with Crippen LogP contribution in [0.1, 0.15) is 32.6 Å². The summed E-state index contributed by atoms with van der Waals surface area (Å²) in [5.74, 6) is 2.42. The van der Waals surface area contributed by atoms with Gasteiger partial charge in [-0.3, -0.25) is 4.79 Å². The molecular formula is C10H16N2O. The van der Waals surface area contributed by atoms with Gasteiger partial charge < -0.3 is 11.1 Å². The fourth-order valence-corrected chi connectivity index (χ4v) is 1.35. The molecule has 0 aromatic heterocycles. The van der Waals surface area contributed by atoms with E-state index < -0.39 is 5.54 Å². The number of carbonyl (C=O) groups is 1. The van der Waals surface area contributed by atoms with Crippen LogP contribution in [0.25, 0.3) is 0 Å². The van der Waals surface area contributed by atoms with Crippen LogP contribution >= 0.6 is 0 Å². The summed E-state index contributed by atoms with van der Waals surface area (Å²) < 4.78 is 0. The first kappa shape index (κ1) is 10.1. The summed E-state index contributed by atoms with van der Waals surface area (Å²) in [7, 11) is 0. The number of nitrogens with one attached hydrogen (secondary N) is 1. The van der Waals surface area contributed by atoms with Crippen LogP contribution in [0.3, 0.4) is 0 Å². The van der Waals surface area contributed by atoms with Gasteiger partial charge in [-0.1, -0.05) is 12.8 Å². The van der Waals surface area contributed by atoms with Crippen molar-refractivity contribution >= 4 is 5.91 Å². The molecule has 0 bridgehead atoms. The summed E-state index contributed by atoms with van der Waals surface area (Å²) in [5.41, 5.74) is 5.19. The Kier molecular flexibility index (Phi) is 2.94. The molecule has 1 rings (SSSR count). The third kappa shape index (κ3) is 2.02. The fourth-order valence-electron chi connectivity index (χ4n) is 1.35. The van der Waals surface area contributed by atoms with E-state index in [9.17, 15) is 4.79 Å². The van der Waals surface area contributed by atoms with Crippen molar-refractivity contribution in [3.8, 4) is 12.3 Å². The molecule has 0 aliphatic heterocycles. The van der Waals surface area contributed by atoms with Crippen molar-refractivity contribution in [2.24, 2.45) is 5.73 Å².